The molecule has 5 N–H and O–H groups in total. The number of carbonyl (C=O) groups excluding carboxylic acids is 1. The molecule has 0 saturated heterocycles. The van der Waals surface area contributed by atoms with E-state index < -0.39 is 6.73 Å². The lowest BCUT2D eigenvalue weighted by Crippen LogP contribution is -2.25. The van der Waals surface area contributed by atoms with Crippen LogP contribution in [0.4, 0.5) is 0 Å². The molecule has 0 unspecified atom stereocenters. The van der Waals surface area contributed by atoms with Crippen LogP contribution in [-0.4, -0.2) is 44.9 Å². The first-order chi connectivity index (χ1) is 17.3. The maximum absolute atomic E-state index is 13.3. The Labute approximate surface area is 214 Å². The summed E-state index contributed by atoms with van der Waals surface area (Å²) >= 11 is 1.33. The number of thioether (sulfide) groups is 1. The number of allylic oxidation sites excluding steroid dienone is 1. The summed E-state index contributed by atoms with van der Waals surface area (Å²) in [5.41, 5.74) is 10.6. The van der Waals surface area contributed by atoms with Crippen molar-refractivity contribution < 1.29 is 14.6 Å². The quantitative estimate of drug-likeness (QED) is 0.0896. The lowest BCUT2D eigenvalue weighted by Gasteiger charge is -2.12. The Morgan fingerprint density at radius 1 is 1.14 bits per heavy atom. The number of benzene rings is 2. The maximum Gasteiger partial charge on any atom is 0.254 e. The second kappa shape index (κ2) is 10.9. The minimum absolute atomic E-state index is 0.117. The molecule has 4 rings (SSSR count). The predicted molar refractivity (Wildman–Crippen MR) is 148 cm³/mol. The van der Waals surface area contributed by atoms with Gasteiger partial charge in [0.2, 0.25) is 0 Å². The van der Waals surface area contributed by atoms with E-state index >= 15 is 0 Å². The summed E-state index contributed by atoms with van der Waals surface area (Å²) in [4.78, 5) is 13.3. The minimum Gasteiger partial charge on any atom is -0.497 e. The van der Waals surface area contributed by atoms with Gasteiger partial charge in [-0.1, -0.05) is 30.0 Å². The van der Waals surface area contributed by atoms with Gasteiger partial charge in [-0.25, -0.2) is 0 Å². The van der Waals surface area contributed by atoms with E-state index in [0.29, 0.717) is 5.57 Å². The van der Waals surface area contributed by atoms with Crippen LogP contribution in [0.3, 0.4) is 0 Å². The molecule has 4 aromatic rings. The SMILES string of the molecule is COc1ccc2c(c1)c(/C(C)=C(/C(=O)NCO)c1cn(C)c3ccccc13)cn2CCCSC(=N)N. The third-order valence-electron chi connectivity index (χ3n) is 6.30. The number of methoxy groups -OCH3 is 1. The van der Waals surface area contributed by atoms with Crippen molar-refractivity contribution in [2.75, 3.05) is 19.6 Å². The molecule has 0 radical (unpaired) electrons. The van der Waals surface area contributed by atoms with Crippen molar-refractivity contribution in [3.8, 4) is 5.75 Å². The van der Waals surface area contributed by atoms with Gasteiger partial charge in [0.25, 0.3) is 5.91 Å². The van der Waals surface area contributed by atoms with Crippen molar-refractivity contribution in [2.24, 2.45) is 12.8 Å². The monoisotopic (exact) mass is 505 g/mol. The Morgan fingerprint density at radius 3 is 2.64 bits per heavy atom. The Kier molecular flexibility index (Phi) is 7.71. The average molecular weight is 506 g/mol. The molecule has 188 valence electrons. The fourth-order valence-electron chi connectivity index (χ4n) is 4.63. The lowest BCUT2D eigenvalue weighted by molar-refractivity contribution is -0.116. The average Bonchev–Trinajstić information content (AvgIpc) is 3.39. The number of rotatable bonds is 9. The molecule has 36 heavy (non-hydrogen) atoms. The number of hydrogen-bond acceptors (Lipinski definition) is 5. The summed E-state index contributed by atoms with van der Waals surface area (Å²) < 4.78 is 9.67. The van der Waals surface area contributed by atoms with Crippen molar-refractivity contribution in [3.63, 3.8) is 0 Å². The van der Waals surface area contributed by atoms with Gasteiger partial charge >= 0.3 is 0 Å². The third-order valence-corrected chi connectivity index (χ3v) is 7.10. The van der Waals surface area contributed by atoms with Gasteiger partial charge in [0.1, 0.15) is 12.5 Å². The zero-order valence-electron chi connectivity index (χ0n) is 20.7. The maximum atomic E-state index is 13.3. The molecule has 0 fully saturated rings. The molecule has 2 aromatic heterocycles. The van der Waals surface area contributed by atoms with Crippen molar-refractivity contribution in [1.82, 2.24) is 14.5 Å². The van der Waals surface area contributed by atoms with Crippen LogP contribution in [0.1, 0.15) is 24.5 Å². The van der Waals surface area contributed by atoms with Gasteiger partial charge in [0.15, 0.2) is 5.17 Å². The molecule has 0 atom stereocenters. The van der Waals surface area contributed by atoms with E-state index in [1.54, 1.807) is 7.11 Å². The zero-order valence-corrected chi connectivity index (χ0v) is 21.5. The number of carbonyl (C=O) groups is 1. The molecule has 9 heteroatoms. The predicted octanol–water partition coefficient (Wildman–Crippen LogP) is 4.16. The van der Waals surface area contributed by atoms with Crippen molar-refractivity contribution in [3.05, 3.63) is 66.0 Å². The Balaban J connectivity index is 1.91. The number of hydrogen-bond donors (Lipinski definition) is 4. The Morgan fingerprint density at radius 2 is 1.92 bits per heavy atom. The van der Waals surface area contributed by atoms with Crippen molar-refractivity contribution >= 4 is 55.8 Å². The molecule has 1 amide bonds. The summed E-state index contributed by atoms with van der Waals surface area (Å²) in [6.07, 6.45) is 4.86. The zero-order chi connectivity index (χ0) is 25.8. The van der Waals surface area contributed by atoms with Crippen LogP contribution in [0, 0.1) is 5.41 Å². The van der Waals surface area contributed by atoms with E-state index in [4.69, 9.17) is 15.9 Å². The van der Waals surface area contributed by atoms with E-state index in [1.165, 1.54) is 11.8 Å². The number of ether oxygens (including phenoxy) is 1. The van der Waals surface area contributed by atoms with Crippen LogP contribution in [0.15, 0.2) is 54.9 Å². The molecule has 2 aromatic carbocycles. The number of nitrogens with zero attached hydrogens (tertiary/aromatic N) is 2. The van der Waals surface area contributed by atoms with Gasteiger partial charge < -0.3 is 30.0 Å². The summed E-state index contributed by atoms with van der Waals surface area (Å²) in [7, 11) is 3.59. The fourth-order valence-corrected chi connectivity index (χ4v) is 5.13. The van der Waals surface area contributed by atoms with E-state index in [2.05, 4.69) is 16.1 Å². The highest BCUT2D eigenvalue weighted by Gasteiger charge is 2.22. The number of nitrogens with two attached hydrogens (primary N) is 1. The molecule has 0 spiro atoms. The Bertz CT molecular complexity index is 1470. The molecule has 0 aliphatic carbocycles. The van der Waals surface area contributed by atoms with Crippen LogP contribution in [0.25, 0.3) is 33.0 Å². The number of aliphatic hydroxyl groups is 1. The normalized spacial score (nSPS) is 12.1. The summed E-state index contributed by atoms with van der Waals surface area (Å²) in [6.45, 7) is 2.23. The smallest absolute Gasteiger partial charge is 0.254 e. The van der Waals surface area contributed by atoms with Crippen LogP contribution in [0.2, 0.25) is 0 Å². The van der Waals surface area contributed by atoms with Gasteiger partial charge in [-0.15, -0.1) is 0 Å². The van der Waals surface area contributed by atoms with Gasteiger partial charge in [-0.05, 0) is 43.2 Å². The topological polar surface area (TPSA) is 118 Å². The Hall–Kier alpha value is -3.69. The van der Waals surface area contributed by atoms with Gasteiger partial charge in [-0.2, -0.15) is 0 Å². The highest BCUT2D eigenvalue weighted by Crippen LogP contribution is 2.37. The highest BCUT2D eigenvalue weighted by atomic mass is 32.2. The third kappa shape index (κ3) is 4.98. The van der Waals surface area contributed by atoms with E-state index in [0.717, 1.165) is 63.0 Å². The number of fused-ring (bicyclic) bond motifs is 2. The number of amides is 1. The summed E-state index contributed by atoms with van der Waals surface area (Å²) in [5, 5.41) is 21.6. The van der Waals surface area contributed by atoms with E-state index in [-0.39, 0.29) is 11.1 Å². The van der Waals surface area contributed by atoms with E-state index in [1.807, 2.05) is 67.2 Å². The first kappa shape index (κ1) is 25.4. The molecule has 0 saturated carbocycles. The van der Waals surface area contributed by atoms with Crippen LogP contribution in [0.5, 0.6) is 5.75 Å². The van der Waals surface area contributed by atoms with Crippen LogP contribution >= 0.6 is 11.8 Å². The molecule has 2 heterocycles. The second-order valence-electron chi connectivity index (χ2n) is 8.52. The minimum atomic E-state index is -0.455. The molecule has 8 nitrogen and oxygen atoms in total. The summed E-state index contributed by atoms with van der Waals surface area (Å²) in [5.74, 6) is 1.14. The first-order valence-corrected chi connectivity index (χ1v) is 12.6. The molecular weight excluding hydrogens is 474 g/mol. The number of amidine groups is 1. The van der Waals surface area contributed by atoms with E-state index in [9.17, 15) is 9.90 Å². The molecule has 0 aliphatic heterocycles. The summed E-state index contributed by atoms with van der Waals surface area (Å²) in [6, 6.07) is 13.9. The number of aliphatic hydroxyl groups excluding tert-OH is 1. The van der Waals surface area contributed by atoms with Gasteiger partial charge in [0, 0.05) is 64.7 Å². The van der Waals surface area contributed by atoms with Gasteiger partial charge in [0.05, 0.1) is 12.7 Å². The number of nitrogens with one attached hydrogen (secondary N) is 2. The van der Waals surface area contributed by atoms with Crippen molar-refractivity contribution in [2.45, 2.75) is 19.9 Å². The standard InChI is InChI=1S/C27H31N5O3S/c1-17(25(26(34)30-16-33)22-14-31(2)23-8-5-4-7-19(22)23)21-15-32(11-6-12-36-27(28)29)24-10-9-18(35-3)13-20(21)24/h4-5,7-10,13-15,33H,6,11-12,16H2,1-3H3,(H3,28,29)(H,30,34)/b25-17+. The largest absolute Gasteiger partial charge is 0.497 e. The number of aryl methyl sites for hydroxylation is 2. The number of para-hydroxylation sites is 1. The fraction of sp³-hybridized carbons (Fsp3) is 0.259. The van der Waals surface area contributed by atoms with Gasteiger partial charge in [-0.3, -0.25) is 10.2 Å². The molecular formula is C27H31N5O3S. The number of aromatic nitrogens is 2. The second-order valence-corrected chi connectivity index (χ2v) is 9.66. The van der Waals surface area contributed by atoms with Crippen LogP contribution < -0.4 is 15.8 Å². The highest BCUT2D eigenvalue weighted by molar-refractivity contribution is 8.13. The first-order valence-electron chi connectivity index (χ1n) is 11.6. The van der Waals surface area contributed by atoms with Crippen molar-refractivity contribution in [1.29, 1.82) is 5.41 Å². The lowest BCUT2D eigenvalue weighted by atomic mass is 9.94. The molecule has 0 bridgehead atoms. The van der Waals surface area contributed by atoms with Crippen LogP contribution in [-0.2, 0) is 18.4 Å². The molecule has 0 aliphatic rings.